The summed E-state index contributed by atoms with van der Waals surface area (Å²) in [5, 5.41) is 0. The molecule has 0 aliphatic rings. The van der Waals surface area contributed by atoms with E-state index in [-0.39, 0.29) is 5.83 Å². The van der Waals surface area contributed by atoms with Crippen molar-refractivity contribution in [1.29, 1.82) is 0 Å². The zero-order chi connectivity index (χ0) is 10.4. The van der Waals surface area contributed by atoms with Crippen molar-refractivity contribution in [2.75, 3.05) is 13.6 Å². The van der Waals surface area contributed by atoms with Gasteiger partial charge in [0.15, 0.2) is 0 Å². The lowest BCUT2D eigenvalue weighted by molar-refractivity contribution is -0.116. The van der Waals surface area contributed by atoms with E-state index in [0.717, 1.165) is 5.57 Å². The predicted octanol–water partition coefficient (Wildman–Crippen LogP) is 2.28. The molecule has 13 heavy (non-hydrogen) atoms. The van der Waals surface area contributed by atoms with Crippen molar-refractivity contribution in [1.82, 2.24) is 4.90 Å². The molecule has 0 aromatic heterocycles. The molecule has 0 aromatic rings. The van der Waals surface area contributed by atoms with Gasteiger partial charge in [-0.3, -0.25) is 4.79 Å². The fourth-order valence-electron chi connectivity index (χ4n) is 0.933. The molecule has 2 nitrogen and oxygen atoms in total. The number of nitrogens with zero attached hydrogens (tertiary/aromatic N) is 1. The maximum absolute atomic E-state index is 13.2. The van der Waals surface area contributed by atoms with Gasteiger partial charge < -0.3 is 4.90 Å². The molecule has 0 rings (SSSR count). The summed E-state index contributed by atoms with van der Waals surface area (Å²) in [4.78, 5) is 11.7. The lowest BCUT2D eigenvalue weighted by Gasteiger charge is -2.14. The number of carbonyl (C=O) groups excluding carboxylic acids is 1. The average molecular weight is 185 g/mol. The number of amides is 1. The van der Waals surface area contributed by atoms with E-state index in [9.17, 15) is 9.18 Å². The van der Waals surface area contributed by atoms with Crippen LogP contribution >= 0.6 is 0 Å². The molecule has 0 bridgehead atoms. The van der Waals surface area contributed by atoms with Gasteiger partial charge in [0.1, 0.15) is 5.83 Å². The van der Waals surface area contributed by atoms with Gasteiger partial charge in [-0.15, -0.1) is 0 Å². The Balaban J connectivity index is 4.67. The van der Waals surface area contributed by atoms with Crippen LogP contribution in [0.4, 0.5) is 4.39 Å². The third kappa shape index (κ3) is 3.87. The Morgan fingerprint density at radius 3 is 2.31 bits per heavy atom. The summed E-state index contributed by atoms with van der Waals surface area (Å²) in [5.74, 6) is -0.256. The van der Waals surface area contributed by atoms with Crippen LogP contribution in [-0.2, 0) is 4.79 Å². The number of hydrogen-bond acceptors (Lipinski definition) is 1. The van der Waals surface area contributed by atoms with Crippen molar-refractivity contribution >= 4 is 6.41 Å². The second kappa shape index (κ2) is 5.51. The van der Waals surface area contributed by atoms with Gasteiger partial charge in [0, 0.05) is 19.2 Å². The molecule has 0 spiro atoms. The van der Waals surface area contributed by atoms with Crippen LogP contribution < -0.4 is 0 Å². The van der Waals surface area contributed by atoms with Crippen LogP contribution in [-0.4, -0.2) is 24.9 Å². The van der Waals surface area contributed by atoms with Crippen molar-refractivity contribution in [3.05, 3.63) is 23.0 Å². The molecule has 0 saturated heterocycles. The highest BCUT2D eigenvalue weighted by Gasteiger charge is 2.07. The quantitative estimate of drug-likeness (QED) is 0.486. The van der Waals surface area contributed by atoms with E-state index in [1.54, 1.807) is 14.0 Å². The SMILES string of the molecule is C/C=C(/F)C(CN(C)C=O)=C(C)C. The van der Waals surface area contributed by atoms with E-state index >= 15 is 0 Å². The van der Waals surface area contributed by atoms with Crippen LogP contribution in [0.25, 0.3) is 0 Å². The van der Waals surface area contributed by atoms with Gasteiger partial charge in [0.25, 0.3) is 0 Å². The van der Waals surface area contributed by atoms with E-state index in [4.69, 9.17) is 0 Å². The second-order valence-corrected chi connectivity index (χ2v) is 3.14. The van der Waals surface area contributed by atoms with E-state index < -0.39 is 0 Å². The molecule has 3 heteroatoms. The van der Waals surface area contributed by atoms with Crippen LogP contribution in [0.2, 0.25) is 0 Å². The molecule has 0 N–H and O–H groups in total. The number of rotatable bonds is 4. The molecule has 0 unspecified atom stereocenters. The minimum Gasteiger partial charge on any atom is -0.344 e. The Morgan fingerprint density at radius 1 is 1.46 bits per heavy atom. The van der Waals surface area contributed by atoms with E-state index in [0.29, 0.717) is 18.5 Å². The normalized spacial score (nSPS) is 11.0. The zero-order valence-corrected chi connectivity index (χ0v) is 8.60. The van der Waals surface area contributed by atoms with Crippen molar-refractivity contribution in [3.8, 4) is 0 Å². The Bertz CT molecular complexity index is 239. The van der Waals surface area contributed by atoms with Crippen LogP contribution in [0, 0.1) is 0 Å². The Hall–Kier alpha value is -1.12. The molecule has 0 aromatic carbocycles. The fraction of sp³-hybridized carbons (Fsp3) is 0.500. The molecule has 0 aliphatic heterocycles. The predicted molar refractivity (Wildman–Crippen MR) is 51.9 cm³/mol. The number of allylic oxidation sites excluding steroid dienone is 2. The van der Waals surface area contributed by atoms with Crippen molar-refractivity contribution in [2.45, 2.75) is 20.8 Å². The number of likely N-dealkylation sites (N-methyl/N-ethyl adjacent to an activating group) is 1. The van der Waals surface area contributed by atoms with Gasteiger partial charge in [-0.1, -0.05) is 11.6 Å². The lowest BCUT2D eigenvalue weighted by atomic mass is 10.1. The van der Waals surface area contributed by atoms with Gasteiger partial charge in [0.05, 0.1) is 0 Å². The summed E-state index contributed by atoms with van der Waals surface area (Å²) < 4.78 is 13.2. The molecule has 0 atom stereocenters. The summed E-state index contributed by atoms with van der Waals surface area (Å²) in [6, 6.07) is 0. The summed E-state index contributed by atoms with van der Waals surface area (Å²) in [6.45, 7) is 5.62. The van der Waals surface area contributed by atoms with Crippen LogP contribution in [0.15, 0.2) is 23.0 Å². The fourth-order valence-corrected chi connectivity index (χ4v) is 0.933. The smallest absolute Gasteiger partial charge is 0.209 e. The third-order valence-corrected chi connectivity index (χ3v) is 1.73. The second-order valence-electron chi connectivity index (χ2n) is 3.14. The first kappa shape index (κ1) is 11.9. The van der Waals surface area contributed by atoms with Gasteiger partial charge in [-0.25, -0.2) is 4.39 Å². The Morgan fingerprint density at radius 2 is 2.00 bits per heavy atom. The van der Waals surface area contributed by atoms with Gasteiger partial charge in [-0.05, 0) is 20.8 Å². The monoisotopic (exact) mass is 185 g/mol. The molecular formula is C10H16FNO. The van der Waals surface area contributed by atoms with Crippen LogP contribution in [0.5, 0.6) is 0 Å². The summed E-state index contributed by atoms with van der Waals surface area (Å²) in [6.07, 6.45) is 2.09. The Labute approximate surface area is 78.7 Å². The number of carbonyl (C=O) groups is 1. The molecule has 0 radical (unpaired) electrons. The molecule has 0 aliphatic carbocycles. The number of halogens is 1. The first-order chi connectivity index (χ1) is 6.02. The van der Waals surface area contributed by atoms with Crippen molar-refractivity contribution < 1.29 is 9.18 Å². The largest absolute Gasteiger partial charge is 0.344 e. The summed E-state index contributed by atoms with van der Waals surface area (Å²) in [5.41, 5.74) is 1.47. The van der Waals surface area contributed by atoms with Gasteiger partial charge in [0.2, 0.25) is 6.41 Å². The van der Waals surface area contributed by atoms with Crippen molar-refractivity contribution in [2.24, 2.45) is 0 Å². The molecule has 0 heterocycles. The standard InChI is InChI=1S/C10H16FNO/c1-5-10(11)9(8(2)3)6-12(4)7-13/h5,7H,6H2,1-4H3/b10-5+. The Kier molecular flexibility index (Phi) is 5.04. The van der Waals surface area contributed by atoms with Gasteiger partial charge >= 0.3 is 0 Å². The van der Waals surface area contributed by atoms with E-state index in [2.05, 4.69) is 0 Å². The van der Waals surface area contributed by atoms with Crippen molar-refractivity contribution in [3.63, 3.8) is 0 Å². The molecular weight excluding hydrogens is 169 g/mol. The maximum atomic E-state index is 13.2. The first-order valence-electron chi connectivity index (χ1n) is 4.17. The zero-order valence-electron chi connectivity index (χ0n) is 8.60. The van der Waals surface area contributed by atoms with Crippen LogP contribution in [0.3, 0.4) is 0 Å². The molecule has 1 amide bonds. The average Bonchev–Trinajstić information content (AvgIpc) is 2.11. The highest BCUT2D eigenvalue weighted by Crippen LogP contribution is 2.16. The van der Waals surface area contributed by atoms with Crippen LogP contribution in [0.1, 0.15) is 20.8 Å². The summed E-state index contributed by atoms with van der Waals surface area (Å²) in [7, 11) is 1.62. The minimum atomic E-state index is -0.256. The summed E-state index contributed by atoms with van der Waals surface area (Å²) >= 11 is 0. The van der Waals surface area contributed by atoms with E-state index in [1.807, 2.05) is 13.8 Å². The van der Waals surface area contributed by atoms with E-state index in [1.165, 1.54) is 11.0 Å². The highest BCUT2D eigenvalue weighted by molar-refractivity contribution is 5.48. The van der Waals surface area contributed by atoms with Gasteiger partial charge in [-0.2, -0.15) is 0 Å². The lowest BCUT2D eigenvalue weighted by Crippen LogP contribution is -2.19. The molecule has 74 valence electrons. The topological polar surface area (TPSA) is 20.3 Å². The molecule has 0 fully saturated rings. The maximum Gasteiger partial charge on any atom is 0.209 e. The highest BCUT2D eigenvalue weighted by atomic mass is 19.1. The third-order valence-electron chi connectivity index (χ3n) is 1.73. The first-order valence-corrected chi connectivity index (χ1v) is 4.17. The number of hydrogen-bond donors (Lipinski definition) is 0. The molecule has 0 saturated carbocycles. The minimum absolute atomic E-state index is 0.256.